The normalized spacial score (nSPS) is 10.6. The average Bonchev–Trinajstić information content (AvgIpc) is 2.66. The molecule has 27 heavy (non-hydrogen) atoms. The van der Waals surface area contributed by atoms with Crippen LogP contribution in [0, 0.1) is 27.7 Å². The summed E-state index contributed by atoms with van der Waals surface area (Å²) in [5, 5.41) is 3.00. The van der Waals surface area contributed by atoms with E-state index in [0.717, 1.165) is 12.0 Å². The van der Waals surface area contributed by atoms with Gasteiger partial charge in [-0.05, 0) is 74.1 Å². The predicted molar refractivity (Wildman–Crippen MR) is 112 cm³/mol. The summed E-state index contributed by atoms with van der Waals surface area (Å²) in [7, 11) is 3.24. The molecule has 0 heterocycles. The molecule has 0 radical (unpaired) electrons. The molecule has 0 saturated heterocycles. The van der Waals surface area contributed by atoms with Gasteiger partial charge in [0.1, 0.15) is 0 Å². The first-order valence-corrected chi connectivity index (χ1v) is 10.0. The van der Waals surface area contributed by atoms with Gasteiger partial charge in [0.25, 0.3) is 0 Å². The van der Waals surface area contributed by atoms with Gasteiger partial charge in [-0.3, -0.25) is 4.79 Å². The summed E-state index contributed by atoms with van der Waals surface area (Å²) in [6.45, 7) is 9.09. The van der Waals surface area contributed by atoms with Gasteiger partial charge in [-0.15, -0.1) is 11.8 Å². The lowest BCUT2D eigenvalue weighted by Gasteiger charge is -2.14. The second-order valence-corrected chi connectivity index (χ2v) is 7.65. The molecule has 0 aliphatic carbocycles. The fraction of sp³-hybridized carbons (Fsp3) is 0.409. The molecule has 2 rings (SSSR count). The van der Waals surface area contributed by atoms with E-state index >= 15 is 0 Å². The van der Waals surface area contributed by atoms with Crippen molar-refractivity contribution in [1.82, 2.24) is 5.32 Å². The Labute approximate surface area is 166 Å². The lowest BCUT2D eigenvalue weighted by atomic mass is 10.0. The summed E-state index contributed by atoms with van der Waals surface area (Å²) in [4.78, 5) is 13.5. The van der Waals surface area contributed by atoms with Crippen LogP contribution in [0.1, 0.15) is 27.8 Å². The third kappa shape index (κ3) is 5.42. The average molecular weight is 388 g/mol. The molecule has 4 nitrogen and oxygen atoms in total. The Hall–Kier alpha value is -2.14. The van der Waals surface area contributed by atoms with Crippen molar-refractivity contribution in [1.29, 1.82) is 0 Å². The maximum Gasteiger partial charge on any atom is 0.230 e. The van der Waals surface area contributed by atoms with E-state index in [4.69, 9.17) is 9.47 Å². The second-order valence-electron chi connectivity index (χ2n) is 6.67. The van der Waals surface area contributed by atoms with Crippen LogP contribution in [0.3, 0.4) is 0 Å². The van der Waals surface area contributed by atoms with Gasteiger partial charge in [-0.25, -0.2) is 0 Å². The molecule has 2 aromatic rings. The van der Waals surface area contributed by atoms with E-state index in [1.807, 2.05) is 18.2 Å². The van der Waals surface area contributed by atoms with Gasteiger partial charge in [0.15, 0.2) is 11.5 Å². The molecule has 146 valence electrons. The molecule has 2 aromatic carbocycles. The van der Waals surface area contributed by atoms with E-state index in [9.17, 15) is 4.79 Å². The third-order valence-corrected chi connectivity index (χ3v) is 6.14. The van der Waals surface area contributed by atoms with E-state index in [0.29, 0.717) is 23.8 Å². The first-order chi connectivity index (χ1) is 12.9. The smallest absolute Gasteiger partial charge is 0.230 e. The van der Waals surface area contributed by atoms with E-state index in [1.54, 1.807) is 26.0 Å². The Morgan fingerprint density at radius 3 is 2.19 bits per heavy atom. The predicted octanol–water partition coefficient (Wildman–Crippen LogP) is 4.39. The number of ether oxygens (including phenoxy) is 2. The van der Waals surface area contributed by atoms with E-state index in [-0.39, 0.29) is 5.91 Å². The van der Waals surface area contributed by atoms with Crippen LogP contribution in [-0.4, -0.2) is 32.4 Å². The summed E-state index contributed by atoms with van der Waals surface area (Å²) < 4.78 is 10.6. The molecule has 1 N–H and O–H groups in total. The molecule has 0 aromatic heterocycles. The van der Waals surface area contributed by atoms with Crippen molar-refractivity contribution in [2.24, 2.45) is 0 Å². The maximum absolute atomic E-state index is 12.2. The van der Waals surface area contributed by atoms with E-state index in [2.05, 4.69) is 39.1 Å². The lowest BCUT2D eigenvalue weighted by Crippen LogP contribution is -2.27. The molecule has 0 aliphatic rings. The first kappa shape index (κ1) is 21.2. The lowest BCUT2D eigenvalue weighted by molar-refractivity contribution is -0.118. The SMILES string of the molecule is COc1ccc(CCNC(=O)CSc2c(C)c(C)cc(C)c2C)cc1OC. The number of carbonyl (C=O) groups excluding carboxylic acids is 1. The minimum Gasteiger partial charge on any atom is -0.493 e. The summed E-state index contributed by atoms with van der Waals surface area (Å²) in [6, 6.07) is 8.03. The van der Waals surface area contributed by atoms with Crippen molar-refractivity contribution >= 4 is 17.7 Å². The number of benzene rings is 2. The van der Waals surface area contributed by atoms with Crippen LogP contribution in [0.4, 0.5) is 0 Å². The van der Waals surface area contributed by atoms with Gasteiger partial charge < -0.3 is 14.8 Å². The maximum atomic E-state index is 12.2. The molecular weight excluding hydrogens is 358 g/mol. The van der Waals surface area contributed by atoms with Gasteiger partial charge in [-0.1, -0.05) is 12.1 Å². The van der Waals surface area contributed by atoms with Crippen molar-refractivity contribution in [3.05, 3.63) is 52.1 Å². The monoisotopic (exact) mass is 387 g/mol. The minimum absolute atomic E-state index is 0.0541. The largest absolute Gasteiger partial charge is 0.493 e. The number of methoxy groups -OCH3 is 2. The van der Waals surface area contributed by atoms with Crippen LogP contribution in [-0.2, 0) is 11.2 Å². The van der Waals surface area contributed by atoms with Crippen LogP contribution in [0.25, 0.3) is 0 Å². The Kier molecular flexibility index (Phi) is 7.60. The molecule has 0 aliphatic heterocycles. The highest BCUT2D eigenvalue weighted by molar-refractivity contribution is 8.00. The summed E-state index contributed by atoms with van der Waals surface area (Å²) >= 11 is 1.62. The Morgan fingerprint density at radius 2 is 1.59 bits per heavy atom. The molecule has 0 spiro atoms. The van der Waals surface area contributed by atoms with Gasteiger partial charge in [0, 0.05) is 11.4 Å². The van der Waals surface area contributed by atoms with Crippen molar-refractivity contribution in [3.63, 3.8) is 0 Å². The highest BCUT2D eigenvalue weighted by atomic mass is 32.2. The number of aryl methyl sites for hydroxylation is 2. The summed E-state index contributed by atoms with van der Waals surface area (Å²) in [5.41, 5.74) is 6.17. The molecule has 0 bridgehead atoms. The van der Waals surface area contributed by atoms with Crippen LogP contribution in [0.15, 0.2) is 29.2 Å². The van der Waals surface area contributed by atoms with Crippen LogP contribution < -0.4 is 14.8 Å². The minimum atomic E-state index is 0.0541. The highest BCUT2D eigenvalue weighted by Gasteiger charge is 2.11. The Balaban J connectivity index is 1.87. The number of hydrogen-bond acceptors (Lipinski definition) is 4. The number of thioether (sulfide) groups is 1. The number of nitrogens with one attached hydrogen (secondary N) is 1. The van der Waals surface area contributed by atoms with Gasteiger partial charge in [0.05, 0.1) is 20.0 Å². The number of hydrogen-bond donors (Lipinski definition) is 1. The molecule has 0 atom stereocenters. The Bertz CT molecular complexity index is 791. The van der Waals surface area contributed by atoms with Crippen LogP contribution >= 0.6 is 11.8 Å². The van der Waals surface area contributed by atoms with E-state index < -0.39 is 0 Å². The summed E-state index contributed by atoms with van der Waals surface area (Å²) in [6.07, 6.45) is 0.748. The van der Waals surface area contributed by atoms with Crippen LogP contribution in [0.5, 0.6) is 11.5 Å². The standard InChI is InChI=1S/C22H29NO3S/c1-14-11-15(2)17(4)22(16(14)3)27-13-21(24)23-10-9-18-7-8-19(25-5)20(12-18)26-6/h7-8,11-12H,9-10,13H2,1-6H3,(H,23,24). The highest BCUT2D eigenvalue weighted by Crippen LogP contribution is 2.31. The van der Waals surface area contributed by atoms with Crippen LogP contribution in [0.2, 0.25) is 0 Å². The molecule has 0 fully saturated rings. The Morgan fingerprint density at radius 1 is 0.963 bits per heavy atom. The zero-order chi connectivity index (χ0) is 20.0. The van der Waals surface area contributed by atoms with E-state index in [1.165, 1.54) is 27.1 Å². The zero-order valence-corrected chi connectivity index (χ0v) is 17.9. The first-order valence-electron chi connectivity index (χ1n) is 9.05. The summed E-state index contributed by atoms with van der Waals surface area (Å²) in [5.74, 6) is 1.90. The third-order valence-electron chi connectivity index (χ3n) is 4.83. The second kappa shape index (κ2) is 9.70. The molecule has 5 heteroatoms. The molecule has 1 amide bonds. The fourth-order valence-electron chi connectivity index (χ4n) is 2.97. The van der Waals surface area contributed by atoms with Crippen molar-refractivity contribution in [2.75, 3.05) is 26.5 Å². The molecule has 0 unspecified atom stereocenters. The number of carbonyl (C=O) groups is 1. The van der Waals surface area contributed by atoms with Crippen molar-refractivity contribution in [3.8, 4) is 11.5 Å². The van der Waals surface area contributed by atoms with Crippen molar-refractivity contribution < 1.29 is 14.3 Å². The van der Waals surface area contributed by atoms with Gasteiger partial charge in [0.2, 0.25) is 5.91 Å². The topological polar surface area (TPSA) is 47.6 Å². The molecular formula is C22H29NO3S. The molecule has 0 saturated carbocycles. The van der Waals surface area contributed by atoms with Gasteiger partial charge >= 0.3 is 0 Å². The number of rotatable bonds is 8. The quantitative estimate of drug-likeness (QED) is 0.683. The van der Waals surface area contributed by atoms with Gasteiger partial charge in [-0.2, -0.15) is 0 Å². The number of amides is 1. The van der Waals surface area contributed by atoms with Crippen molar-refractivity contribution in [2.45, 2.75) is 39.0 Å². The fourth-order valence-corrected chi connectivity index (χ4v) is 4.10. The zero-order valence-electron chi connectivity index (χ0n) is 17.1.